The minimum atomic E-state index is -0.895. The molecule has 0 saturated heterocycles. The van der Waals surface area contributed by atoms with E-state index in [1.807, 2.05) is 25.1 Å². The zero-order chi connectivity index (χ0) is 19.4. The SMILES string of the molecule is C=CCSc1nc2c(c(=O)[nH]1)[C@H](C(=O)Nc1ccccc1CC)CC(=O)N2. The largest absolute Gasteiger partial charge is 0.325 e. The number of rotatable bonds is 6. The number of fused-ring (bicyclic) bond motifs is 1. The molecule has 140 valence electrons. The second-order valence-corrected chi connectivity index (χ2v) is 7.05. The smallest absolute Gasteiger partial charge is 0.257 e. The van der Waals surface area contributed by atoms with E-state index < -0.39 is 17.4 Å². The van der Waals surface area contributed by atoms with Crippen LogP contribution in [0.15, 0.2) is 46.9 Å². The fourth-order valence-corrected chi connectivity index (χ4v) is 3.55. The van der Waals surface area contributed by atoms with Crippen LogP contribution < -0.4 is 16.2 Å². The molecule has 0 saturated carbocycles. The molecule has 7 nitrogen and oxygen atoms in total. The lowest BCUT2D eigenvalue weighted by molar-refractivity contribution is -0.123. The van der Waals surface area contributed by atoms with Crippen molar-refractivity contribution in [3.05, 3.63) is 58.4 Å². The van der Waals surface area contributed by atoms with E-state index in [0.717, 1.165) is 12.0 Å². The van der Waals surface area contributed by atoms with Gasteiger partial charge in [-0.05, 0) is 18.1 Å². The Morgan fingerprint density at radius 3 is 2.93 bits per heavy atom. The molecule has 3 N–H and O–H groups in total. The lowest BCUT2D eigenvalue weighted by atomic mass is 9.92. The Morgan fingerprint density at radius 2 is 2.19 bits per heavy atom. The average molecular weight is 384 g/mol. The van der Waals surface area contributed by atoms with Crippen molar-refractivity contribution >= 4 is 35.1 Å². The summed E-state index contributed by atoms with van der Waals surface area (Å²) in [5.41, 5.74) is 1.43. The predicted molar refractivity (Wildman–Crippen MR) is 106 cm³/mol. The van der Waals surface area contributed by atoms with Crippen LogP contribution in [0.4, 0.5) is 11.5 Å². The van der Waals surface area contributed by atoms with Crippen LogP contribution in [0.2, 0.25) is 0 Å². The molecule has 8 heteroatoms. The molecular weight excluding hydrogens is 364 g/mol. The number of aromatic amines is 1. The molecule has 1 aliphatic heterocycles. The number of amides is 2. The summed E-state index contributed by atoms with van der Waals surface area (Å²) in [6, 6.07) is 7.45. The minimum Gasteiger partial charge on any atom is -0.325 e. The fraction of sp³-hybridized carbons (Fsp3) is 0.263. The van der Waals surface area contributed by atoms with Crippen LogP contribution in [0.1, 0.15) is 30.4 Å². The van der Waals surface area contributed by atoms with Crippen molar-refractivity contribution in [3.63, 3.8) is 0 Å². The quantitative estimate of drug-likeness (QED) is 0.404. The number of hydrogen-bond donors (Lipinski definition) is 3. The van der Waals surface area contributed by atoms with Crippen LogP contribution >= 0.6 is 11.8 Å². The first-order valence-electron chi connectivity index (χ1n) is 8.60. The van der Waals surface area contributed by atoms with Crippen molar-refractivity contribution in [2.24, 2.45) is 0 Å². The molecule has 2 aromatic rings. The van der Waals surface area contributed by atoms with Crippen molar-refractivity contribution in [1.82, 2.24) is 9.97 Å². The van der Waals surface area contributed by atoms with Crippen LogP contribution in [0, 0.1) is 0 Å². The Hall–Kier alpha value is -2.87. The van der Waals surface area contributed by atoms with E-state index in [4.69, 9.17) is 0 Å². The molecule has 1 aromatic heterocycles. The molecule has 1 aliphatic rings. The van der Waals surface area contributed by atoms with Gasteiger partial charge in [0, 0.05) is 17.9 Å². The van der Waals surface area contributed by atoms with Gasteiger partial charge in [0.25, 0.3) is 5.56 Å². The first-order chi connectivity index (χ1) is 13.0. The number of H-pyrrole nitrogens is 1. The molecule has 2 amide bonds. The molecule has 2 heterocycles. The molecule has 0 spiro atoms. The van der Waals surface area contributed by atoms with Crippen LogP contribution in [0.3, 0.4) is 0 Å². The summed E-state index contributed by atoms with van der Waals surface area (Å²) in [5.74, 6) is -0.929. The second kappa shape index (κ2) is 8.22. The number of benzene rings is 1. The number of carbonyl (C=O) groups is 2. The minimum absolute atomic E-state index is 0.100. The van der Waals surface area contributed by atoms with E-state index in [-0.39, 0.29) is 23.7 Å². The summed E-state index contributed by atoms with van der Waals surface area (Å²) in [6.45, 7) is 5.62. The molecule has 0 radical (unpaired) electrons. The van der Waals surface area contributed by atoms with Crippen LogP contribution in [0.25, 0.3) is 0 Å². The number of aryl methyl sites for hydroxylation is 1. The number of anilines is 2. The molecular formula is C19H20N4O3S. The first kappa shape index (κ1) is 18.9. The summed E-state index contributed by atoms with van der Waals surface area (Å²) in [4.78, 5) is 44.5. The van der Waals surface area contributed by atoms with Crippen molar-refractivity contribution in [2.75, 3.05) is 16.4 Å². The molecule has 0 aliphatic carbocycles. The Morgan fingerprint density at radius 1 is 1.41 bits per heavy atom. The number of carbonyl (C=O) groups excluding carboxylic acids is 2. The summed E-state index contributed by atoms with van der Waals surface area (Å²) in [7, 11) is 0. The molecule has 0 unspecified atom stereocenters. The van der Waals surface area contributed by atoms with Crippen molar-refractivity contribution in [3.8, 4) is 0 Å². The highest BCUT2D eigenvalue weighted by Crippen LogP contribution is 2.30. The summed E-state index contributed by atoms with van der Waals surface area (Å²) in [5, 5.41) is 5.82. The van der Waals surface area contributed by atoms with Crippen LogP contribution in [-0.2, 0) is 16.0 Å². The maximum atomic E-state index is 12.9. The van der Waals surface area contributed by atoms with E-state index in [2.05, 4.69) is 27.2 Å². The predicted octanol–water partition coefficient (Wildman–Crippen LogP) is 2.67. The zero-order valence-corrected chi connectivity index (χ0v) is 15.7. The van der Waals surface area contributed by atoms with E-state index in [1.54, 1.807) is 12.1 Å². The topological polar surface area (TPSA) is 104 Å². The monoisotopic (exact) mass is 384 g/mol. The molecule has 0 bridgehead atoms. The number of nitrogens with zero attached hydrogens (tertiary/aromatic N) is 1. The Labute approximate surface area is 160 Å². The number of hydrogen-bond acceptors (Lipinski definition) is 5. The van der Waals surface area contributed by atoms with Gasteiger partial charge in [-0.1, -0.05) is 43.0 Å². The number of para-hydroxylation sites is 1. The van der Waals surface area contributed by atoms with Crippen molar-refractivity contribution in [1.29, 1.82) is 0 Å². The average Bonchev–Trinajstić information content (AvgIpc) is 2.65. The van der Waals surface area contributed by atoms with Crippen LogP contribution in [-0.4, -0.2) is 27.5 Å². The van der Waals surface area contributed by atoms with Crippen molar-refractivity contribution < 1.29 is 9.59 Å². The van der Waals surface area contributed by atoms with Gasteiger partial charge in [0.1, 0.15) is 5.82 Å². The molecule has 27 heavy (non-hydrogen) atoms. The molecule has 3 rings (SSSR count). The van der Waals surface area contributed by atoms with E-state index in [0.29, 0.717) is 16.6 Å². The standard InChI is InChI=1S/C19H20N4O3S/c1-3-9-27-19-22-16-15(18(26)23-19)12(10-14(24)21-16)17(25)20-13-8-6-5-7-11(13)4-2/h3,5-8,12H,1,4,9-10H2,2H3,(H,20,25)(H2,21,22,23,24,26)/t12-/m1/s1. The number of aromatic nitrogens is 2. The first-order valence-corrected chi connectivity index (χ1v) is 9.58. The maximum Gasteiger partial charge on any atom is 0.257 e. The number of nitrogens with one attached hydrogen (secondary N) is 3. The van der Waals surface area contributed by atoms with E-state index in [9.17, 15) is 14.4 Å². The Kier molecular flexibility index (Phi) is 5.75. The van der Waals surface area contributed by atoms with Gasteiger partial charge in [-0.2, -0.15) is 0 Å². The lowest BCUT2D eigenvalue weighted by Gasteiger charge is -2.24. The third-order valence-corrected chi connectivity index (χ3v) is 5.11. The Bertz CT molecular complexity index is 954. The zero-order valence-electron chi connectivity index (χ0n) is 14.9. The number of thioether (sulfide) groups is 1. The third-order valence-electron chi connectivity index (χ3n) is 4.24. The lowest BCUT2D eigenvalue weighted by Crippen LogP contribution is -2.36. The van der Waals surface area contributed by atoms with Crippen molar-refractivity contribution in [2.45, 2.75) is 30.8 Å². The van der Waals surface area contributed by atoms with E-state index >= 15 is 0 Å². The van der Waals surface area contributed by atoms with Gasteiger partial charge in [0.15, 0.2) is 5.16 Å². The fourth-order valence-electron chi connectivity index (χ4n) is 2.95. The Balaban J connectivity index is 1.93. The van der Waals surface area contributed by atoms with Gasteiger partial charge in [-0.15, -0.1) is 6.58 Å². The van der Waals surface area contributed by atoms with E-state index in [1.165, 1.54) is 11.8 Å². The molecule has 1 atom stereocenters. The van der Waals surface area contributed by atoms with Gasteiger partial charge < -0.3 is 15.6 Å². The summed E-state index contributed by atoms with van der Waals surface area (Å²) in [6.07, 6.45) is 2.34. The van der Waals surface area contributed by atoms with Gasteiger partial charge in [0.2, 0.25) is 11.8 Å². The summed E-state index contributed by atoms with van der Waals surface area (Å²) >= 11 is 1.29. The summed E-state index contributed by atoms with van der Waals surface area (Å²) < 4.78 is 0. The molecule has 0 fully saturated rings. The third kappa shape index (κ3) is 4.11. The van der Waals surface area contributed by atoms with Gasteiger partial charge in [-0.3, -0.25) is 14.4 Å². The van der Waals surface area contributed by atoms with Gasteiger partial charge >= 0.3 is 0 Å². The van der Waals surface area contributed by atoms with Gasteiger partial charge in [-0.25, -0.2) is 4.98 Å². The highest BCUT2D eigenvalue weighted by atomic mass is 32.2. The van der Waals surface area contributed by atoms with Gasteiger partial charge in [0.05, 0.1) is 11.5 Å². The molecule has 1 aromatic carbocycles. The second-order valence-electron chi connectivity index (χ2n) is 6.04. The highest BCUT2D eigenvalue weighted by Gasteiger charge is 2.34. The highest BCUT2D eigenvalue weighted by molar-refractivity contribution is 7.99. The normalized spacial score (nSPS) is 15.6. The maximum absolute atomic E-state index is 12.9. The van der Waals surface area contributed by atoms with Crippen LogP contribution in [0.5, 0.6) is 0 Å².